The third-order valence-electron chi connectivity index (χ3n) is 5.50. The molecule has 37 heavy (non-hydrogen) atoms. The maximum absolute atomic E-state index is 13.4. The number of pyridine rings is 1. The number of ether oxygens (including phenoxy) is 3. The first-order chi connectivity index (χ1) is 17.2. The largest absolute Gasteiger partial charge is 0.493 e. The summed E-state index contributed by atoms with van der Waals surface area (Å²) in [7, 11) is 1.30. The van der Waals surface area contributed by atoms with Gasteiger partial charge in [-0.2, -0.15) is 13.2 Å². The highest BCUT2D eigenvalue weighted by Gasteiger charge is 2.37. The van der Waals surface area contributed by atoms with Crippen LogP contribution < -0.4 is 14.8 Å². The summed E-state index contributed by atoms with van der Waals surface area (Å²) < 4.78 is 69.3. The molecule has 202 valence electrons. The second-order valence-corrected chi connectivity index (χ2v) is 8.62. The minimum atomic E-state index is -4.81. The lowest BCUT2D eigenvalue weighted by molar-refractivity contribution is -0.151. The number of benzene rings is 1. The molecule has 1 heterocycles. The molecule has 0 bridgehead atoms. The van der Waals surface area contributed by atoms with Crippen molar-refractivity contribution in [3.63, 3.8) is 0 Å². The average Bonchev–Trinajstić information content (AvgIpc) is 2.82. The van der Waals surface area contributed by atoms with Gasteiger partial charge in [-0.25, -0.2) is 14.2 Å². The molecule has 12 heteroatoms. The molecule has 0 fully saturated rings. The number of methoxy groups -OCH3 is 1. The third kappa shape index (κ3) is 7.40. The molecule has 0 saturated carbocycles. The van der Waals surface area contributed by atoms with Crippen molar-refractivity contribution in [3.05, 3.63) is 53.1 Å². The molecule has 0 aliphatic carbocycles. The van der Waals surface area contributed by atoms with Crippen LogP contribution in [-0.4, -0.2) is 42.1 Å². The Morgan fingerprint density at radius 1 is 1.00 bits per heavy atom. The molecule has 3 atom stereocenters. The summed E-state index contributed by atoms with van der Waals surface area (Å²) in [4.78, 5) is 41.5. The van der Waals surface area contributed by atoms with Crippen LogP contribution in [0.1, 0.15) is 62.2 Å². The molecular formula is C25H28F4N2O6. The lowest BCUT2D eigenvalue weighted by Gasteiger charge is -2.25. The van der Waals surface area contributed by atoms with Crippen LogP contribution in [0.3, 0.4) is 0 Å². The van der Waals surface area contributed by atoms with Gasteiger partial charge in [0.25, 0.3) is 5.91 Å². The van der Waals surface area contributed by atoms with E-state index in [9.17, 15) is 31.9 Å². The van der Waals surface area contributed by atoms with Crippen LogP contribution in [0.25, 0.3) is 0 Å². The second kappa shape index (κ2) is 12.0. The molecular weight excluding hydrogens is 500 g/mol. The summed E-state index contributed by atoms with van der Waals surface area (Å²) in [5.74, 6) is -5.15. The van der Waals surface area contributed by atoms with E-state index in [1.165, 1.54) is 40.1 Å². The number of nitrogens with zero attached hydrogens (tertiary/aromatic N) is 1. The van der Waals surface area contributed by atoms with E-state index in [1.54, 1.807) is 13.8 Å². The summed E-state index contributed by atoms with van der Waals surface area (Å²) in [5.41, 5.74) is -1.74. The van der Waals surface area contributed by atoms with Crippen LogP contribution in [0.2, 0.25) is 0 Å². The monoisotopic (exact) mass is 528 g/mol. The maximum atomic E-state index is 13.4. The smallest absolute Gasteiger partial charge is 0.416 e. The first-order valence-corrected chi connectivity index (χ1v) is 11.3. The third-order valence-corrected chi connectivity index (χ3v) is 5.50. The first-order valence-electron chi connectivity index (χ1n) is 11.3. The number of carbonyl (C=O) groups excluding carboxylic acids is 3. The SMILES string of the molecule is COc1ccnc(C(=O)NC(C)C(=O)OC(C)C(C)c2ccc(F)cc2C(F)(F)F)c1OC(=O)C(C)C. The number of aromatic nitrogens is 1. The number of hydrogen-bond donors (Lipinski definition) is 1. The molecule has 1 N–H and O–H groups in total. The van der Waals surface area contributed by atoms with Crippen LogP contribution in [0.4, 0.5) is 17.6 Å². The normalized spacial score (nSPS) is 13.9. The number of esters is 2. The van der Waals surface area contributed by atoms with Crippen molar-refractivity contribution in [1.82, 2.24) is 10.3 Å². The number of amides is 1. The Morgan fingerprint density at radius 3 is 2.22 bits per heavy atom. The van der Waals surface area contributed by atoms with Crippen molar-refractivity contribution in [2.45, 2.75) is 58.9 Å². The predicted octanol–water partition coefficient (Wildman–Crippen LogP) is 4.66. The zero-order valence-corrected chi connectivity index (χ0v) is 21.1. The van der Waals surface area contributed by atoms with Gasteiger partial charge in [-0.1, -0.05) is 26.8 Å². The van der Waals surface area contributed by atoms with Crippen molar-refractivity contribution < 1.29 is 46.2 Å². The second-order valence-electron chi connectivity index (χ2n) is 8.62. The minimum absolute atomic E-state index is 0.0617. The van der Waals surface area contributed by atoms with Gasteiger partial charge in [0.1, 0.15) is 18.0 Å². The molecule has 0 aliphatic rings. The maximum Gasteiger partial charge on any atom is 0.416 e. The summed E-state index contributed by atoms with van der Waals surface area (Å²) in [6, 6.07) is 2.40. The Labute approximate surface area is 211 Å². The Kier molecular flexibility index (Phi) is 9.60. The van der Waals surface area contributed by atoms with Gasteiger partial charge in [0.2, 0.25) is 5.75 Å². The zero-order valence-electron chi connectivity index (χ0n) is 21.1. The Bertz CT molecular complexity index is 1150. The zero-order chi connectivity index (χ0) is 28.1. The molecule has 1 amide bonds. The number of nitrogens with one attached hydrogen (secondary N) is 1. The van der Waals surface area contributed by atoms with Crippen LogP contribution in [-0.2, 0) is 20.5 Å². The van der Waals surface area contributed by atoms with Crippen molar-refractivity contribution in [3.8, 4) is 11.5 Å². The van der Waals surface area contributed by atoms with Crippen molar-refractivity contribution in [2.24, 2.45) is 5.92 Å². The number of hydrogen-bond acceptors (Lipinski definition) is 7. The molecule has 1 aromatic heterocycles. The molecule has 8 nitrogen and oxygen atoms in total. The molecule has 1 aromatic carbocycles. The van der Waals surface area contributed by atoms with Gasteiger partial charge in [0.05, 0.1) is 18.6 Å². The lowest BCUT2D eigenvalue weighted by atomic mass is 9.91. The first kappa shape index (κ1) is 29.5. The van der Waals surface area contributed by atoms with E-state index >= 15 is 0 Å². The van der Waals surface area contributed by atoms with Crippen LogP contribution >= 0.6 is 0 Å². The lowest BCUT2D eigenvalue weighted by Crippen LogP contribution is -2.41. The summed E-state index contributed by atoms with van der Waals surface area (Å²) in [6.45, 7) is 7.27. The van der Waals surface area contributed by atoms with Crippen LogP contribution in [0, 0.1) is 11.7 Å². The van der Waals surface area contributed by atoms with Gasteiger partial charge in [-0.05, 0) is 31.5 Å². The van der Waals surface area contributed by atoms with Crippen molar-refractivity contribution in [2.75, 3.05) is 7.11 Å². The van der Waals surface area contributed by atoms with Crippen LogP contribution in [0.15, 0.2) is 30.5 Å². The molecule has 0 spiro atoms. The number of rotatable bonds is 9. The number of halogens is 4. The number of alkyl halides is 3. The quantitative estimate of drug-likeness (QED) is 0.373. The standard InChI is InChI=1S/C25H28F4N2O6/c1-12(2)23(33)37-21-19(35-6)9-10-30-20(21)22(32)31-14(4)24(34)36-15(5)13(3)17-8-7-16(26)11-18(17)25(27,28)29/h7-15H,1-6H3,(H,31,32). The van der Waals surface area contributed by atoms with Gasteiger partial charge in [-0.3, -0.25) is 9.59 Å². The van der Waals surface area contributed by atoms with E-state index in [-0.39, 0.29) is 22.8 Å². The molecule has 0 aliphatic heterocycles. The van der Waals surface area contributed by atoms with E-state index in [1.807, 2.05) is 0 Å². The van der Waals surface area contributed by atoms with Gasteiger partial charge in [-0.15, -0.1) is 0 Å². The van der Waals surface area contributed by atoms with Gasteiger partial charge < -0.3 is 19.5 Å². The summed E-state index contributed by atoms with van der Waals surface area (Å²) in [5, 5.41) is 2.36. The van der Waals surface area contributed by atoms with E-state index < -0.39 is 59.4 Å². The minimum Gasteiger partial charge on any atom is -0.493 e. The molecule has 3 unspecified atom stereocenters. The van der Waals surface area contributed by atoms with E-state index in [2.05, 4.69) is 10.3 Å². The Morgan fingerprint density at radius 2 is 1.65 bits per heavy atom. The predicted molar refractivity (Wildman–Crippen MR) is 124 cm³/mol. The summed E-state index contributed by atoms with van der Waals surface area (Å²) in [6.07, 6.45) is -4.62. The van der Waals surface area contributed by atoms with Crippen LogP contribution in [0.5, 0.6) is 11.5 Å². The average molecular weight is 528 g/mol. The highest BCUT2D eigenvalue weighted by Crippen LogP contribution is 2.37. The Hall–Kier alpha value is -3.70. The Balaban J connectivity index is 2.17. The highest BCUT2D eigenvalue weighted by molar-refractivity contribution is 5.98. The van der Waals surface area contributed by atoms with Gasteiger partial charge in [0, 0.05) is 18.2 Å². The number of carbonyl (C=O) groups is 3. The molecule has 2 rings (SSSR count). The summed E-state index contributed by atoms with van der Waals surface area (Å²) >= 11 is 0. The van der Waals surface area contributed by atoms with E-state index in [0.29, 0.717) is 6.07 Å². The van der Waals surface area contributed by atoms with Crippen molar-refractivity contribution >= 4 is 17.8 Å². The fourth-order valence-electron chi connectivity index (χ4n) is 3.21. The van der Waals surface area contributed by atoms with E-state index in [4.69, 9.17) is 14.2 Å². The van der Waals surface area contributed by atoms with Crippen molar-refractivity contribution in [1.29, 1.82) is 0 Å². The molecule has 0 saturated heterocycles. The fourth-order valence-corrected chi connectivity index (χ4v) is 3.21. The van der Waals surface area contributed by atoms with Gasteiger partial charge >= 0.3 is 18.1 Å². The topological polar surface area (TPSA) is 104 Å². The van der Waals surface area contributed by atoms with Gasteiger partial charge in [0.15, 0.2) is 11.4 Å². The van der Waals surface area contributed by atoms with E-state index in [0.717, 1.165) is 12.1 Å². The molecule has 2 aromatic rings. The molecule has 0 radical (unpaired) electrons. The highest BCUT2D eigenvalue weighted by atomic mass is 19.4. The fraction of sp³-hybridized carbons (Fsp3) is 0.440.